The zero-order chi connectivity index (χ0) is 14.7. The molecule has 2 aromatic carbocycles. The maximum Gasteiger partial charge on any atom is 0.173 e. The van der Waals surface area contributed by atoms with Crippen LogP contribution >= 0.6 is 15.9 Å². The molecule has 0 aromatic heterocycles. The van der Waals surface area contributed by atoms with Gasteiger partial charge in [-0.25, -0.2) is 4.39 Å². The zero-order valence-corrected chi connectivity index (χ0v) is 12.2. The Morgan fingerprint density at radius 1 is 1.25 bits per heavy atom. The summed E-state index contributed by atoms with van der Waals surface area (Å²) in [5.41, 5.74) is 6.77. The van der Waals surface area contributed by atoms with Crippen LogP contribution in [0.2, 0.25) is 0 Å². The van der Waals surface area contributed by atoms with E-state index in [4.69, 9.17) is 15.7 Å². The lowest BCUT2D eigenvalue weighted by atomic mass is 10.1. The van der Waals surface area contributed by atoms with Crippen LogP contribution in [0.4, 0.5) is 4.39 Å². The smallest absolute Gasteiger partial charge is 0.173 e. The molecule has 0 fully saturated rings. The topological polar surface area (TPSA) is 67.8 Å². The van der Waals surface area contributed by atoms with Crippen LogP contribution in [0.15, 0.2) is 46.0 Å². The number of benzene rings is 2. The second-order valence-corrected chi connectivity index (χ2v) is 5.02. The zero-order valence-electron chi connectivity index (χ0n) is 10.6. The highest BCUT2D eigenvalue weighted by atomic mass is 79.9. The first-order chi connectivity index (χ1) is 9.51. The highest BCUT2D eigenvalue weighted by molar-refractivity contribution is 9.10. The molecular formula is C14H12BrFN2O2. The van der Waals surface area contributed by atoms with Crippen molar-refractivity contribution < 1.29 is 14.3 Å². The van der Waals surface area contributed by atoms with Gasteiger partial charge in [-0.2, -0.15) is 0 Å². The van der Waals surface area contributed by atoms with Gasteiger partial charge in [0.1, 0.15) is 17.3 Å². The van der Waals surface area contributed by atoms with Crippen molar-refractivity contribution in [1.29, 1.82) is 0 Å². The number of hydrogen-bond donors (Lipinski definition) is 2. The lowest BCUT2D eigenvalue weighted by molar-refractivity contribution is 0.318. The third kappa shape index (κ3) is 3.08. The number of aryl methyl sites for hydroxylation is 1. The van der Waals surface area contributed by atoms with Gasteiger partial charge in [0.25, 0.3) is 0 Å². The first-order valence-corrected chi connectivity index (χ1v) is 6.52. The van der Waals surface area contributed by atoms with E-state index in [1.807, 2.05) is 19.1 Å². The summed E-state index contributed by atoms with van der Waals surface area (Å²) >= 11 is 3.39. The fraction of sp³-hybridized carbons (Fsp3) is 0.0714. The van der Waals surface area contributed by atoms with Crippen molar-refractivity contribution in [2.24, 2.45) is 10.9 Å². The Kier molecular flexibility index (Phi) is 4.24. The number of amidine groups is 1. The Morgan fingerprint density at radius 3 is 2.60 bits per heavy atom. The Morgan fingerprint density at radius 2 is 1.95 bits per heavy atom. The van der Waals surface area contributed by atoms with Crippen LogP contribution in [0.5, 0.6) is 11.5 Å². The summed E-state index contributed by atoms with van der Waals surface area (Å²) in [6.07, 6.45) is 0. The molecule has 0 saturated carbocycles. The summed E-state index contributed by atoms with van der Waals surface area (Å²) in [6.45, 7) is 1.95. The van der Waals surface area contributed by atoms with Crippen LogP contribution < -0.4 is 10.5 Å². The second kappa shape index (κ2) is 5.92. The average molecular weight is 339 g/mol. The van der Waals surface area contributed by atoms with Gasteiger partial charge in [-0.1, -0.05) is 11.2 Å². The summed E-state index contributed by atoms with van der Waals surface area (Å²) in [4.78, 5) is 0. The summed E-state index contributed by atoms with van der Waals surface area (Å²) < 4.78 is 19.7. The van der Waals surface area contributed by atoms with Gasteiger partial charge in [0.05, 0.1) is 10.0 Å². The molecule has 4 nitrogen and oxygen atoms in total. The maximum absolute atomic E-state index is 13.3. The SMILES string of the molecule is Cc1ccc(Oc2ccc(F)cc2C(N)=NO)c(Br)c1. The van der Waals surface area contributed by atoms with E-state index in [1.165, 1.54) is 12.1 Å². The molecule has 0 saturated heterocycles. The van der Waals surface area contributed by atoms with Crippen LogP contribution in [0, 0.1) is 12.7 Å². The van der Waals surface area contributed by atoms with Gasteiger partial charge in [0.15, 0.2) is 5.84 Å². The van der Waals surface area contributed by atoms with Crippen molar-refractivity contribution in [2.45, 2.75) is 6.92 Å². The minimum absolute atomic E-state index is 0.181. The number of halogens is 2. The second-order valence-electron chi connectivity index (χ2n) is 4.16. The lowest BCUT2D eigenvalue weighted by Gasteiger charge is -2.12. The van der Waals surface area contributed by atoms with Crippen molar-refractivity contribution in [3.63, 3.8) is 0 Å². The molecule has 0 aliphatic heterocycles. The van der Waals surface area contributed by atoms with Gasteiger partial charge in [-0.15, -0.1) is 0 Å². The van der Waals surface area contributed by atoms with Gasteiger partial charge in [-0.3, -0.25) is 0 Å². The summed E-state index contributed by atoms with van der Waals surface area (Å²) in [7, 11) is 0. The molecule has 0 radical (unpaired) electrons. The van der Waals surface area contributed by atoms with Crippen molar-refractivity contribution in [3.8, 4) is 11.5 Å². The third-order valence-corrected chi connectivity index (χ3v) is 3.25. The predicted molar refractivity (Wildman–Crippen MR) is 77.9 cm³/mol. The first-order valence-electron chi connectivity index (χ1n) is 5.72. The van der Waals surface area contributed by atoms with Crippen LogP contribution in [0.3, 0.4) is 0 Å². The van der Waals surface area contributed by atoms with Crippen molar-refractivity contribution in [3.05, 3.63) is 57.8 Å². The van der Waals surface area contributed by atoms with Crippen molar-refractivity contribution >= 4 is 21.8 Å². The number of hydrogen-bond acceptors (Lipinski definition) is 3. The summed E-state index contributed by atoms with van der Waals surface area (Å²) in [5.74, 6) is 0.130. The number of nitrogens with zero attached hydrogens (tertiary/aromatic N) is 1. The summed E-state index contributed by atoms with van der Waals surface area (Å²) in [6, 6.07) is 9.36. The van der Waals surface area contributed by atoms with Gasteiger partial charge in [-0.05, 0) is 58.7 Å². The van der Waals surface area contributed by atoms with Gasteiger partial charge in [0.2, 0.25) is 0 Å². The Balaban J connectivity index is 2.43. The molecule has 3 N–H and O–H groups in total. The number of ether oxygens (including phenoxy) is 1. The quantitative estimate of drug-likeness (QED) is 0.387. The third-order valence-electron chi connectivity index (χ3n) is 2.63. The Labute approximate surface area is 123 Å². The van der Waals surface area contributed by atoms with Crippen LogP contribution in [-0.2, 0) is 0 Å². The normalized spacial score (nSPS) is 11.4. The molecule has 0 bridgehead atoms. The predicted octanol–water partition coefficient (Wildman–Crippen LogP) is 3.78. The Bertz CT molecular complexity index is 674. The van der Waals surface area contributed by atoms with Gasteiger partial charge >= 0.3 is 0 Å². The molecule has 0 heterocycles. The van der Waals surface area contributed by atoms with Crippen LogP contribution in [-0.4, -0.2) is 11.0 Å². The van der Waals surface area contributed by atoms with Gasteiger partial charge in [0, 0.05) is 0 Å². The van der Waals surface area contributed by atoms with Crippen molar-refractivity contribution in [1.82, 2.24) is 0 Å². The molecule has 2 aromatic rings. The average Bonchev–Trinajstić information content (AvgIpc) is 2.42. The maximum atomic E-state index is 13.3. The molecule has 0 amide bonds. The first kappa shape index (κ1) is 14.3. The molecule has 0 spiro atoms. The standard InChI is InChI=1S/C14H12BrFN2O2/c1-8-2-4-13(11(15)6-8)20-12-5-3-9(16)7-10(12)14(17)18-19/h2-7,19H,1H3,(H2,17,18). The van der Waals surface area contributed by atoms with E-state index in [9.17, 15) is 4.39 Å². The van der Waals surface area contributed by atoms with Crippen LogP contribution in [0.1, 0.15) is 11.1 Å². The molecule has 6 heteroatoms. The minimum atomic E-state index is -0.498. The molecule has 0 atom stereocenters. The van der Waals surface area contributed by atoms with E-state index in [1.54, 1.807) is 6.07 Å². The van der Waals surface area contributed by atoms with E-state index < -0.39 is 5.82 Å². The molecular weight excluding hydrogens is 327 g/mol. The molecule has 2 rings (SSSR count). The van der Waals surface area contributed by atoms with Crippen LogP contribution in [0.25, 0.3) is 0 Å². The summed E-state index contributed by atoms with van der Waals surface area (Å²) in [5, 5.41) is 11.6. The van der Waals surface area contributed by atoms with E-state index in [0.29, 0.717) is 11.5 Å². The molecule has 0 unspecified atom stereocenters. The lowest BCUT2D eigenvalue weighted by Crippen LogP contribution is -2.14. The van der Waals surface area contributed by atoms with E-state index in [2.05, 4.69) is 21.1 Å². The fourth-order valence-corrected chi connectivity index (χ4v) is 2.23. The highest BCUT2D eigenvalue weighted by Gasteiger charge is 2.12. The minimum Gasteiger partial charge on any atom is -0.455 e. The number of nitrogens with two attached hydrogens (primary N) is 1. The number of oxime groups is 1. The molecule has 104 valence electrons. The highest BCUT2D eigenvalue weighted by Crippen LogP contribution is 2.32. The van der Waals surface area contributed by atoms with E-state index >= 15 is 0 Å². The monoisotopic (exact) mass is 338 g/mol. The molecule has 0 aliphatic rings. The molecule has 0 aliphatic carbocycles. The number of rotatable bonds is 3. The molecule has 20 heavy (non-hydrogen) atoms. The fourth-order valence-electron chi connectivity index (χ4n) is 1.65. The van der Waals surface area contributed by atoms with E-state index in [-0.39, 0.29) is 11.4 Å². The van der Waals surface area contributed by atoms with Gasteiger partial charge < -0.3 is 15.7 Å². The van der Waals surface area contributed by atoms with E-state index in [0.717, 1.165) is 16.1 Å². The largest absolute Gasteiger partial charge is 0.455 e. The Hall–Kier alpha value is -2.08. The van der Waals surface area contributed by atoms with Crippen molar-refractivity contribution in [2.75, 3.05) is 0 Å².